The molecule has 0 spiro atoms. The first kappa shape index (κ1) is 13.5. The number of nitrogens with two attached hydrogens (primary N) is 1. The van der Waals surface area contributed by atoms with E-state index in [0.717, 1.165) is 18.4 Å². The predicted octanol–water partition coefficient (Wildman–Crippen LogP) is 1.77. The van der Waals surface area contributed by atoms with Crippen molar-refractivity contribution in [2.24, 2.45) is 5.73 Å². The minimum absolute atomic E-state index is 0.0275. The number of hydrogen-bond acceptors (Lipinski definition) is 3. The van der Waals surface area contributed by atoms with Crippen molar-refractivity contribution in [1.29, 1.82) is 0 Å². The van der Waals surface area contributed by atoms with Crippen molar-refractivity contribution in [3.05, 3.63) is 33.8 Å². The number of hydrogen-bond donors (Lipinski definition) is 1. The van der Waals surface area contributed by atoms with Crippen molar-refractivity contribution in [2.45, 2.75) is 6.04 Å². The summed E-state index contributed by atoms with van der Waals surface area (Å²) in [6.07, 6.45) is 0.986. The smallest absolute Gasteiger partial charge is 0.149 e. The fourth-order valence-corrected chi connectivity index (χ4v) is 2.39. The van der Waals surface area contributed by atoms with Crippen LogP contribution in [0.2, 0.25) is 0 Å². The lowest BCUT2D eigenvalue weighted by atomic mass is 10.1. The molecule has 90 valence electrons. The molecule has 1 unspecified atom stereocenters. The summed E-state index contributed by atoms with van der Waals surface area (Å²) in [6, 6.07) is 0.750. The molecule has 16 heavy (non-hydrogen) atoms. The summed E-state index contributed by atoms with van der Waals surface area (Å²) in [4.78, 5) is 0. The van der Waals surface area contributed by atoms with Gasteiger partial charge in [-0.05, 0) is 28.1 Å². The zero-order valence-corrected chi connectivity index (χ0v) is 10.8. The Hall–Kier alpha value is -0.530. The van der Waals surface area contributed by atoms with Gasteiger partial charge in [0.05, 0.1) is 10.2 Å². The van der Waals surface area contributed by atoms with Crippen LogP contribution in [-0.2, 0) is 9.84 Å². The lowest BCUT2D eigenvalue weighted by molar-refractivity contribution is 0.561. The van der Waals surface area contributed by atoms with Crippen LogP contribution in [0.15, 0.2) is 16.6 Å². The molecule has 0 saturated carbocycles. The van der Waals surface area contributed by atoms with Crippen molar-refractivity contribution in [3.8, 4) is 0 Å². The standard InChI is InChI=1S/C9H10BrF2NO2S/c1-16(14,15)4-9(13)5-2-8(12)6(10)3-7(5)11/h2-3,9H,4,13H2,1H3. The van der Waals surface area contributed by atoms with Crippen LogP contribution < -0.4 is 5.73 Å². The van der Waals surface area contributed by atoms with Crippen LogP contribution in [0.25, 0.3) is 0 Å². The van der Waals surface area contributed by atoms with E-state index in [4.69, 9.17) is 5.73 Å². The highest BCUT2D eigenvalue weighted by atomic mass is 79.9. The SMILES string of the molecule is CS(=O)(=O)CC(N)c1cc(F)c(Br)cc1F. The maximum atomic E-state index is 13.4. The molecule has 7 heteroatoms. The average molecular weight is 314 g/mol. The van der Waals surface area contributed by atoms with Crippen LogP contribution in [0.4, 0.5) is 8.78 Å². The van der Waals surface area contributed by atoms with E-state index in [1.54, 1.807) is 0 Å². The fraction of sp³-hybridized carbons (Fsp3) is 0.333. The highest BCUT2D eigenvalue weighted by molar-refractivity contribution is 9.10. The molecule has 0 radical (unpaired) electrons. The number of sulfone groups is 1. The molecule has 0 aliphatic heterocycles. The van der Waals surface area contributed by atoms with Gasteiger partial charge in [0.15, 0.2) is 0 Å². The summed E-state index contributed by atoms with van der Waals surface area (Å²) in [5.41, 5.74) is 5.35. The molecule has 2 N–H and O–H groups in total. The summed E-state index contributed by atoms with van der Waals surface area (Å²) < 4.78 is 48.4. The quantitative estimate of drug-likeness (QED) is 0.865. The first-order valence-electron chi connectivity index (χ1n) is 4.28. The first-order valence-corrected chi connectivity index (χ1v) is 7.14. The molecule has 0 aromatic heterocycles. The summed E-state index contributed by atoms with van der Waals surface area (Å²) >= 11 is 2.82. The molecule has 1 rings (SSSR count). The Bertz CT molecular complexity index is 504. The molecule has 0 heterocycles. The molecule has 3 nitrogen and oxygen atoms in total. The maximum absolute atomic E-state index is 13.4. The second-order valence-electron chi connectivity index (χ2n) is 3.49. The lowest BCUT2D eigenvalue weighted by Gasteiger charge is -2.12. The van der Waals surface area contributed by atoms with Crippen LogP contribution in [0.5, 0.6) is 0 Å². The van der Waals surface area contributed by atoms with Gasteiger partial charge >= 0.3 is 0 Å². The molecule has 1 aromatic rings. The zero-order chi connectivity index (χ0) is 12.5. The van der Waals surface area contributed by atoms with Crippen LogP contribution >= 0.6 is 15.9 Å². The van der Waals surface area contributed by atoms with Crippen molar-refractivity contribution in [2.75, 3.05) is 12.0 Å². The second kappa shape index (κ2) is 4.77. The molecule has 0 fully saturated rings. The predicted molar refractivity (Wildman–Crippen MR) is 60.7 cm³/mol. The van der Waals surface area contributed by atoms with Crippen molar-refractivity contribution in [3.63, 3.8) is 0 Å². The van der Waals surface area contributed by atoms with Gasteiger partial charge in [0.2, 0.25) is 0 Å². The summed E-state index contributed by atoms with van der Waals surface area (Å²) in [7, 11) is -3.34. The first-order chi connectivity index (χ1) is 7.20. The third-order valence-corrected chi connectivity index (χ3v) is 3.49. The van der Waals surface area contributed by atoms with E-state index in [1.807, 2.05) is 0 Å². The fourth-order valence-electron chi connectivity index (χ4n) is 1.24. The van der Waals surface area contributed by atoms with Gasteiger partial charge in [-0.1, -0.05) is 0 Å². The van der Waals surface area contributed by atoms with E-state index in [2.05, 4.69) is 15.9 Å². The van der Waals surface area contributed by atoms with E-state index >= 15 is 0 Å². The number of halogens is 3. The third kappa shape index (κ3) is 3.50. The molecular formula is C9H10BrF2NO2S. The van der Waals surface area contributed by atoms with Gasteiger partial charge in [0, 0.05) is 17.9 Å². The van der Waals surface area contributed by atoms with Crippen LogP contribution in [0.3, 0.4) is 0 Å². The average Bonchev–Trinajstić information content (AvgIpc) is 2.08. The third-order valence-electron chi connectivity index (χ3n) is 1.92. The molecule has 0 aliphatic carbocycles. The molecule has 0 bridgehead atoms. The molecule has 1 atom stereocenters. The number of benzene rings is 1. The highest BCUT2D eigenvalue weighted by Crippen LogP contribution is 2.23. The van der Waals surface area contributed by atoms with Gasteiger partial charge in [0.25, 0.3) is 0 Å². The Balaban J connectivity index is 3.09. The van der Waals surface area contributed by atoms with Gasteiger partial charge in [-0.25, -0.2) is 17.2 Å². The van der Waals surface area contributed by atoms with Gasteiger partial charge in [0.1, 0.15) is 21.5 Å². The van der Waals surface area contributed by atoms with E-state index in [1.165, 1.54) is 0 Å². The largest absolute Gasteiger partial charge is 0.323 e. The Labute approximate surface area is 101 Å². The molecule has 0 saturated heterocycles. The monoisotopic (exact) mass is 313 g/mol. The van der Waals surface area contributed by atoms with Gasteiger partial charge in [-0.3, -0.25) is 0 Å². The van der Waals surface area contributed by atoms with Crippen molar-refractivity contribution < 1.29 is 17.2 Å². The minimum Gasteiger partial charge on any atom is -0.323 e. The molecular weight excluding hydrogens is 304 g/mol. The van der Waals surface area contributed by atoms with Crippen LogP contribution in [0.1, 0.15) is 11.6 Å². The van der Waals surface area contributed by atoms with Crippen LogP contribution in [-0.4, -0.2) is 20.4 Å². The molecule has 0 amide bonds. The summed E-state index contributed by atoms with van der Waals surface area (Å²) in [5, 5.41) is 0. The van der Waals surface area contributed by atoms with Gasteiger partial charge < -0.3 is 5.73 Å². The lowest BCUT2D eigenvalue weighted by Crippen LogP contribution is -2.22. The van der Waals surface area contributed by atoms with Crippen LogP contribution in [0, 0.1) is 11.6 Å². The van der Waals surface area contributed by atoms with Gasteiger partial charge in [-0.2, -0.15) is 0 Å². The number of rotatable bonds is 3. The normalized spacial score (nSPS) is 13.8. The maximum Gasteiger partial charge on any atom is 0.149 e. The van der Waals surface area contributed by atoms with E-state index in [9.17, 15) is 17.2 Å². The van der Waals surface area contributed by atoms with E-state index < -0.39 is 33.3 Å². The molecule has 0 aliphatic rings. The zero-order valence-electron chi connectivity index (χ0n) is 8.38. The topological polar surface area (TPSA) is 60.2 Å². The molecule has 1 aromatic carbocycles. The minimum atomic E-state index is -3.34. The van der Waals surface area contributed by atoms with E-state index in [0.29, 0.717) is 0 Å². The second-order valence-corrected chi connectivity index (χ2v) is 6.53. The summed E-state index contributed by atoms with van der Waals surface area (Å²) in [5.74, 6) is -1.84. The van der Waals surface area contributed by atoms with Crippen molar-refractivity contribution in [1.82, 2.24) is 0 Å². The Morgan fingerprint density at radius 3 is 2.44 bits per heavy atom. The Kier molecular flexibility index (Phi) is 4.03. The Morgan fingerprint density at radius 2 is 1.94 bits per heavy atom. The Morgan fingerprint density at radius 1 is 1.38 bits per heavy atom. The summed E-state index contributed by atoms with van der Waals surface area (Å²) in [6.45, 7) is 0. The van der Waals surface area contributed by atoms with Crippen molar-refractivity contribution >= 4 is 25.8 Å². The van der Waals surface area contributed by atoms with E-state index in [-0.39, 0.29) is 10.0 Å². The van der Waals surface area contributed by atoms with Gasteiger partial charge in [-0.15, -0.1) is 0 Å². The highest BCUT2D eigenvalue weighted by Gasteiger charge is 2.18.